The van der Waals surface area contributed by atoms with Gasteiger partial charge in [-0.15, -0.1) is 0 Å². The number of halogens is 1. The molecule has 2 heterocycles. The van der Waals surface area contributed by atoms with Crippen LogP contribution in [0.4, 0.5) is 4.39 Å². The molecular weight excluding hydrogens is 447 g/mol. The molecule has 1 saturated carbocycles. The van der Waals surface area contributed by atoms with Gasteiger partial charge in [0.2, 0.25) is 0 Å². The fourth-order valence-electron chi connectivity index (χ4n) is 5.00. The molecule has 1 fully saturated rings. The van der Waals surface area contributed by atoms with Gasteiger partial charge in [0, 0.05) is 18.6 Å². The van der Waals surface area contributed by atoms with E-state index in [9.17, 15) is 14.0 Å². The topological polar surface area (TPSA) is 89.2 Å². The van der Waals surface area contributed by atoms with Crippen LogP contribution in [-0.2, 0) is 0 Å². The Morgan fingerprint density at radius 3 is 2.46 bits per heavy atom. The minimum absolute atomic E-state index is 0.0649. The summed E-state index contributed by atoms with van der Waals surface area (Å²) in [6.45, 7) is 0.580. The quantitative estimate of drug-likeness (QED) is 0.447. The molecule has 0 aliphatic heterocycles. The molecule has 0 atom stereocenters. The van der Waals surface area contributed by atoms with Gasteiger partial charge in [-0.1, -0.05) is 42.5 Å². The molecule has 5 rings (SSSR count). The summed E-state index contributed by atoms with van der Waals surface area (Å²) in [5, 5.41) is 12.4. The summed E-state index contributed by atoms with van der Waals surface area (Å²) >= 11 is 0. The fourth-order valence-corrected chi connectivity index (χ4v) is 5.00. The summed E-state index contributed by atoms with van der Waals surface area (Å²) in [5.41, 5.74) is 1.62. The number of aromatic nitrogens is 3. The smallest absolute Gasteiger partial charge is 0.337 e. The van der Waals surface area contributed by atoms with Crippen LogP contribution < -0.4 is 16.6 Å². The maximum absolute atomic E-state index is 14.2. The fraction of sp³-hybridized carbons (Fsp3) is 0.296. The number of fused-ring (bicyclic) bond motifs is 1. The van der Waals surface area contributed by atoms with Crippen molar-refractivity contribution in [1.82, 2.24) is 19.4 Å². The summed E-state index contributed by atoms with van der Waals surface area (Å²) in [6, 6.07) is 18.4. The second-order valence-electron chi connectivity index (χ2n) is 8.92. The molecule has 0 amide bonds. The van der Waals surface area contributed by atoms with Crippen LogP contribution in [0.5, 0.6) is 0 Å². The van der Waals surface area contributed by atoms with Crippen LogP contribution in [0.25, 0.3) is 27.8 Å². The van der Waals surface area contributed by atoms with Crippen molar-refractivity contribution in [3.63, 3.8) is 0 Å². The SMILES string of the molecule is O=c1c2cc(F)cnc2n(-c2cccc(-c3ccccc3)c2)c(=O)n1C1CCC(NCCO)CC1. The molecule has 0 radical (unpaired) electrons. The van der Waals surface area contributed by atoms with Gasteiger partial charge in [-0.05, 0) is 55.0 Å². The zero-order valence-electron chi connectivity index (χ0n) is 19.2. The van der Waals surface area contributed by atoms with E-state index >= 15 is 0 Å². The number of hydrogen-bond acceptors (Lipinski definition) is 5. The van der Waals surface area contributed by atoms with Crippen LogP contribution in [0.1, 0.15) is 31.7 Å². The van der Waals surface area contributed by atoms with Gasteiger partial charge in [0.05, 0.1) is 23.9 Å². The molecule has 0 bridgehead atoms. The van der Waals surface area contributed by atoms with Crippen molar-refractivity contribution in [2.45, 2.75) is 37.8 Å². The summed E-state index contributed by atoms with van der Waals surface area (Å²) in [6.07, 6.45) is 3.85. The van der Waals surface area contributed by atoms with Crippen molar-refractivity contribution < 1.29 is 9.50 Å². The third-order valence-corrected chi connectivity index (χ3v) is 6.71. The largest absolute Gasteiger partial charge is 0.395 e. The van der Waals surface area contributed by atoms with Gasteiger partial charge in [0.25, 0.3) is 5.56 Å². The summed E-state index contributed by atoms with van der Waals surface area (Å²) in [5.74, 6) is -0.624. The van der Waals surface area contributed by atoms with E-state index in [0.717, 1.165) is 36.2 Å². The summed E-state index contributed by atoms with van der Waals surface area (Å²) in [7, 11) is 0. The molecule has 7 nitrogen and oxygen atoms in total. The minimum atomic E-state index is -0.624. The number of nitrogens with zero attached hydrogens (tertiary/aromatic N) is 3. The number of aliphatic hydroxyl groups excluding tert-OH is 1. The normalized spacial score (nSPS) is 18.1. The van der Waals surface area contributed by atoms with Gasteiger partial charge in [0.1, 0.15) is 5.82 Å². The summed E-state index contributed by atoms with van der Waals surface area (Å²) < 4.78 is 16.8. The monoisotopic (exact) mass is 474 g/mol. The molecule has 8 heteroatoms. The molecule has 0 unspecified atom stereocenters. The molecule has 0 saturated heterocycles. The molecule has 35 heavy (non-hydrogen) atoms. The third-order valence-electron chi connectivity index (χ3n) is 6.71. The molecule has 2 N–H and O–H groups in total. The van der Waals surface area contributed by atoms with Gasteiger partial charge < -0.3 is 10.4 Å². The molecule has 1 aliphatic carbocycles. The highest BCUT2D eigenvalue weighted by Crippen LogP contribution is 2.28. The van der Waals surface area contributed by atoms with E-state index in [0.29, 0.717) is 25.1 Å². The van der Waals surface area contributed by atoms with Crippen molar-refractivity contribution in [2.24, 2.45) is 0 Å². The van der Waals surface area contributed by atoms with Crippen LogP contribution in [0.15, 0.2) is 76.4 Å². The van der Waals surface area contributed by atoms with Crippen molar-refractivity contribution in [2.75, 3.05) is 13.2 Å². The van der Waals surface area contributed by atoms with Gasteiger partial charge in [-0.3, -0.25) is 9.36 Å². The van der Waals surface area contributed by atoms with E-state index in [4.69, 9.17) is 5.11 Å². The molecular formula is C27H27FN4O3. The molecule has 180 valence electrons. The predicted octanol–water partition coefficient (Wildman–Crippen LogP) is 3.42. The predicted molar refractivity (Wildman–Crippen MR) is 133 cm³/mol. The Morgan fingerprint density at radius 2 is 1.71 bits per heavy atom. The Bertz CT molecular complexity index is 1460. The van der Waals surface area contributed by atoms with Crippen LogP contribution in [0, 0.1) is 5.82 Å². The first-order chi connectivity index (χ1) is 17.1. The third kappa shape index (κ3) is 4.54. The Balaban J connectivity index is 1.64. The van der Waals surface area contributed by atoms with Crippen LogP contribution in [-0.4, -0.2) is 38.4 Å². The van der Waals surface area contributed by atoms with Gasteiger partial charge in [0.15, 0.2) is 5.65 Å². The Morgan fingerprint density at radius 1 is 0.971 bits per heavy atom. The van der Waals surface area contributed by atoms with Gasteiger partial charge >= 0.3 is 5.69 Å². The van der Waals surface area contributed by atoms with Crippen molar-refractivity contribution in [3.05, 3.63) is 93.5 Å². The molecule has 2 aromatic carbocycles. The molecule has 1 aliphatic rings. The van der Waals surface area contributed by atoms with Crippen LogP contribution in [0.2, 0.25) is 0 Å². The second kappa shape index (κ2) is 9.93. The van der Waals surface area contributed by atoms with Gasteiger partial charge in [-0.2, -0.15) is 0 Å². The average Bonchev–Trinajstić information content (AvgIpc) is 2.89. The number of hydrogen-bond donors (Lipinski definition) is 2. The van der Waals surface area contributed by atoms with Crippen LogP contribution >= 0.6 is 0 Å². The lowest BCUT2D eigenvalue weighted by Crippen LogP contribution is -2.44. The van der Waals surface area contributed by atoms with E-state index in [-0.39, 0.29) is 29.7 Å². The zero-order chi connectivity index (χ0) is 24.4. The first kappa shape index (κ1) is 23.1. The van der Waals surface area contributed by atoms with E-state index in [1.165, 1.54) is 9.13 Å². The first-order valence-corrected chi connectivity index (χ1v) is 11.9. The standard InChI is InChI=1S/C27H27FN4O3/c28-20-16-24-25(30-17-20)31(23-8-4-7-19(15-23)18-5-2-1-3-6-18)27(35)32(26(24)34)22-11-9-21(10-12-22)29-13-14-33/h1-8,15-17,21-22,29,33H,9-14H2. The van der Waals surface area contributed by atoms with Crippen molar-refractivity contribution in [3.8, 4) is 16.8 Å². The highest BCUT2D eigenvalue weighted by Gasteiger charge is 2.27. The minimum Gasteiger partial charge on any atom is -0.395 e. The number of pyridine rings is 1. The highest BCUT2D eigenvalue weighted by molar-refractivity contribution is 5.76. The maximum atomic E-state index is 14.2. The van der Waals surface area contributed by atoms with Crippen LogP contribution in [0.3, 0.4) is 0 Å². The number of rotatable bonds is 6. The highest BCUT2D eigenvalue weighted by atomic mass is 19.1. The lowest BCUT2D eigenvalue weighted by atomic mass is 9.91. The van der Waals surface area contributed by atoms with E-state index in [2.05, 4.69) is 10.3 Å². The molecule has 0 spiro atoms. The number of nitrogens with one attached hydrogen (secondary N) is 1. The van der Waals surface area contributed by atoms with E-state index < -0.39 is 17.1 Å². The molecule has 4 aromatic rings. The van der Waals surface area contributed by atoms with Crippen molar-refractivity contribution >= 4 is 11.0 Å². The zero-order valence-corrected chi connectivity index (χ0v) is 19.2. The van der Waals surface area contributed by atoms with Gasteiger partial charge in [-0.25, -0.2) is 18.7 Å². The lowest BCUT2D eigenvalue weighted by Gasteiger charge is -2.30. The Kier molecular flexibility index (Phi) is 6.57. The second-order valence-corrected chi connectivity index (χ2v) is 8.92. The van der Waals surface area contributed by atoms with E-state index in [1.807, 2.05) is 48.5 Å². The number of aliphatic hydroxyl groups is 1. The van der Waals surface area contributed by atoms with E-state index in [1.54, 1.807) is 6.07 Å². The summed E-state index contributed by atoms with van der Waals surface area (Å²) in [4.78, 5) is 31.4. The molecule has 2 aromatic heterocycles. The number of benzene rings is 2. The Hall–Kier alpha value is -3.62. The van der Waals surface area contributed by atoms with Crippen molar-refractivity contribution in [1.29, 1.82) is 0 Å². The first-order valence-electron chi connectivity index (χ1n) is 11.9. The maximum Gasteiger partial charge on any atom is 0.337 e. The average molecular weight is 475 g/mol. The lowest BCUT2D eigenvalue weighted by molar-refractivity contribution is 0.248. The Labute approximate surface area is 201 Å².